The fraction of sp³-hybridized carbons (Fsp3) is 0.750. The number of piperidine rings is 1. The molecule has 1 aliphatic heterocycles. The largest absolute Gasteiger partial charge is 0.383 e. The first-order valence-corrected chi connectivity index (χ1v) is 6.61. The number of hydrogen-bond acceptors (Lipinski definition) is 3. The van der Waals surface area contributed by atoms with E-state index in [0.717, 1.165) is 30.2 Å². The summed E-state index contributed by atoms with van der Waals surface area (Å²) >= 11 is 6.19. The Bertz CT molecular complexity index is 348. The first-order chi connectivity index (χ1) is 8.31. The van der Waals surface area contributed by atoms with Crippen LogP contribution in [0.3, 0.4) is 0 Å². The first-order valence-electron chi connectivity index (χ1n) is 6.23. The van der Waals surface area contributed by atoms with Crippen molar-refractivity contribution in [2.45, 2.75) is 38.3 Å². The molecule has 4 nitrogen and oxygen atoms in total. The molecule has 1 unspecified atom stereocenters. The monoisotopic (exact) mass is 257 g/mol. The van der Waals surface area contributed by atoms with Crippen molar-refractivity contribution in [3.8, 4) is 0 Å². The molecule has 1 aromatic heterocycles. The molecular weight excluding hydrogens is 238 g/mol. The van der Waals surface area contributed by atoms with Gasteiger partial charge >= 0.3 is 0 Å². The van der Waals surface area contributed by atoms with Gasteiger partial charge in [0.15, 0.2) is 0 Å². The molecule has 5 heteroatoms. The zero-order valence-electron chi connectivity index (χ0n) is 10.3. The fourth-order valence-electron chi connectivity index (χ4n) is 2.29. The van der Waals surface area contributed by atoms with Crippen molar-refractivity contribution in [2.75, 3.05) is 20.3 Å². The fourth-order valence-corrected chi connectivity index (χ4v) is 2.51. The van der Waals surface area contributed by atoms with E-state index >= 15 is 0 Å². The maximum Gasteiger partial charge on any atom is 0.0818 e. The molecular formula is C12H20ClN3O. The second kappa shape index (κ2) is 6.38. The summed E-state index contributed by atoms with van der Waals surface area (Å²) in [7, 11) is 1.70. The van der Waals surface area contributed by atoms with Gasteiger partial charge in [0, 0.05) is 19.6 Å². The van der Waals surface area contributed by atoms with Crippen LogP contribution in [0.1, 0.15) is 25.0 Å². The molecule has 0 saturated carbocycles. The van der Waals surface area contributed by atoms with Gasteiger partial charge in [-0.2, -0.15) is 5.10 Å². The van der Waals surface area contributed by atoms with Crippen LogP contribution in [0.2, 0.25) is 5.02 Å². The summed E-state index contributed by atoms with van der Waals surface area (Å²) in [6.45, 7) is 2.56. The highest BCUT2D eigenvalue weighted by Gasteiger charge is 2.17. The summed E-state index contributed by atoms with van der Waals surface area (Å²) in [5.74, 6) is 0. The third kappa shape index (κ3) is 3.44. The Morgan fingerprint density at radius 1 is 1.59 bits per heavy atom. The molecule has 2 rings (SSSR count). The molecule has 96 valence electrons. The van der Waals surface area contributed by atoms with Crippen molar-refractivity contribution in [1.82, 2.24) is 15.1 Å². The summed E-state index contributed by atoms with van der Waals surface area (Å²) in [6.07, 6.45) is 6.51. The zero-order valence-corrected chi connectivity index (χ0v) is 11.0. The molecule has 1 atom stereocenters. The molecule has 0 amide bonds. The van der Waals surface area contributed by atoms with Crippen LogP contribution in [0.25, 0.3) is 0 Å². The van der Waals surface area contributed by atoms with Crippen molar-refractivity contribution in [3.63, 3.8) is 0 Å². The first kappa shape index (κ1) is 12.9. The average molecular weight is 258 g/mol. The van der Waals surface area contributed by atoms with Crippen LogP contribution >= 0.6 is 11.6 Å². The molecule has 1 saturated heterocycles. The van der Waals surface area contributed by atoms with Gasteiger partial charge in [-0.25, -0.2) is 0 Å². The molecule has 0 radical (unpaired) electrons. The zero-order chi connectivity index (χ0) is 12.1. The normalized spacial score (nSPS) is 20.7. The molecule has 0 bridgehead atoms. The second-order valence-corrected chi connectivity index (χ2v) is 4.91. The summed E-state index contributed by atoms with van der Waals surface area (Å²) < 4.78 is 7.04. The van der Waals surface area contributed by atoms with Gasteiger partial charge < -0.3 is 10.1 Å². The van der Waals surface area contributed by atoms with Crippen molar-refractivity contribution in [3.05, 3.63) is 16.9 Å². The number of nitrogens with one attached hydrogen (secondary N) is 1. The van der Waals surface area contributed by atoms with Crippen LogP contribution < -0.4 is 5.32 Å². The number of rotatable bonds is 5. The Morgan fingerprint density at radius 3 is 3.18 bits per heavy atom. The highest BCUT2D eigenvalue weighted by Crippen LogP contribution is 2.20. The lowest BCUT2D eigenvalue weighted by Gasteiger charge is -2.23. The molecule has 1 aromatic rings. The minimum Gasteiger partial charge on any atom is -0.383 e. The summed E-state index contributed by atoms with van der Waals surface area (Å²) in [5.41, 5.74) is 1.13. The Morgan fingerprint density at radius 2 is 2.47 bits per heavy atom. The number of ether oxygens (including phenoxy) is 1. The number of nitrogens with zero attached hydrogens (tertiary/aromatic N) is 2. The standard InChI is InChI=1S/C12H20ClN3O/c1-17-7-6-16-12(11(13)9-15-16)8-10-4-2-3-5-14-10/h9-10,14H,2-8H2,1H3. The lowest BCUT2D eigenvalue weighted by Crippen LogP contribution is -2.36. The summed E-state index contributed by atoms with van der Waals surface area (Å²) in [4.78, 5) is 0. The van der Waals surface area contributed by atoms with Gasteiger partial charge in [0.05, 0.1) is 30.1 Å². The van der Waals surface area contributed by atoms with E-state index in [4.69, 9.17) is 16.3 Å². The predicted octanol–water partition coefficient (Wildman–Crippen LogP) is 1.87. The molecule has 0 aromatic carbocycles. The minimum absolute atomic E-state index is 0.541. The van der Waals surface area contributed by atoms with Crippen LogP contribution in [0.5, 0.6) is 0 Å². The topological polar surface area (TPSA) is 39.1 Å². The number of hydrogen-bond donors (Lipinski definition) is 1. The number of methoxy groups -OCH3 is 1. The van der Waals surface area contributed by atoms with E-state index in [0.29, 0.717) is 12.6 Å². The predicted molar refractivity (Wildman–Crippen MR) is 68.5 cm³/mol. The molecule has 0 aliphatic carbocycles. The third-order valence-electron chi connectivity index (χ3n) is 3.26. The highest BCUT2D eigenvalue weighted by molar-refractivity contribution is 6.31. The van der Waals surface area contributed by atoms with Crippen LogP contribution in [-0.4, -0.2) is 36.1 Å². The van der Waals surface area contributed by atoms with Crippen LogP contribution in [0, 0.1) is 0 Å². The quantitative estimate of drug-likeness (QED) is 0.875. The second-order valence-electron chi connectivity index (χ2n) is 4.51. The lowest BCUT2D eigenvalue weighted by molar-refractivity contribution is 0.182. The molecule has 1 fully saturated rings. The summed E-state index contributed by atoms with van der Waals surface area (Å²) in [5, 5.41) is 8.60. The maximum atomic E-state index is 6.19. The van der Waals surface area contributed by atoms with Crippen molar-refractivity contribution in [2.24, 2.45) is 0 Å². The molecule has 1 aliphatic rings. The Balaban J connectivity index is 1.99. The highest BCUT2D eigenvalue weighted by atomic mass is 35.5. The molecule has 2 heterocycles. The van der Waals surface area contributed by atoms with Gasteiger partial charge in [-0.05, 0) is 19.4 Å². The van der Waals surface area contributed by atoms with E-state index in [1.807, 2.05) is 4.68 Å². The van der Waals surface area contributed by atoms with Crippen molar-refractivity contribution < 1.29 is 4.74 Å². The van der Waals surface area contributed by atoms with Crippen molar-refractivity contribution in [1.29, 1.82) is 0 Å². The Labute approximate surface area is 107 Å². The van der Waals surface area contributed by atoms with Crippen LogP contribution in [0.4, 0.5) is 0 Å². The molecule has 1 N–H and O–H groups in total. The van der Waals surface area contributed by atoms with E-state index in [2.05, 4.69) is 10.4 Å². The van der Waals surface area contributed by atoms with Crippen molar-refractivity contribution >= 4 is 11.6 Å². The SMILES string of the molecule is COCCn1ncc(Cl)c1CC1CCCCN1. The maximum absolute atomic E-state index is 6.19. The van der Waals surface area contributed by atoms with E-state index in [1.54, 1.807) is 13.3 Å². The smallest absolute Gasteiger partial charge is 0.0818 e. The van der Waals surface area contributed by atoms with Gasteiger partial charge in [0.2, 0.25) is 0 Å². The van der Waals surface area contributed by atoms with Crippen LogP contribution in [-0.2, 0) is 17.7 Å². The van der Waals surface area contributed by atoms with E-state index < -0.39 is 0 Å². The van der Waals surface area contributed by atoms with Gasteiger partial charge in [-0.3, -0.25) is 4.68 Å². The third-order valence-corrected chi connectivity index (χ3v) is 3.57. The number of halogens is 1. The van der Waals surface area contributed by atoms with E-state index in [1.165, 1.54) is 19.3 Å². The molecule has 17 heavy (non-hydrogen) atoms. The molecule has 0 spiro atoms. The van der Waals surface area contributed by atoms with Crippen LogP contribution in [0.15, 0.2) is 6.20 Å². The van der Waals surface area contributed by atoms with Gasteiger partial charge in [0.25, 0.3) is 0 Å². The van der Waals surface area contributed by atoms with E-state index in [-0.39, 0.29) is 0 Å². The Kier molecular flexibility index (Phi) is 4.83. The van der Waals surface area contributed by atoms with Gasteiger partial charge in [-0.1, -0.05) is 18.0 Å². The minimum atomic E-state index is 0.541. The Hall–Kier alpha value is -0.580. The van der Waals surface area contributed by atoms with E-state index in [9.17, 15) is 0 Å². The average Bonchev–Trinajstić information content (AvgIpc) is 2.70. The van der Waals surface area contributed by atoms with Gasteiger partial charge in [0.1, 0.15) is 0 Å². The summed E-state index contributed by atoms with van der Waals surface area (Å²) in [6, 6.07) is 0.541. The number of aromatic nitrogens is 2. The lowest BCUT2D eigenvalue weighted by atomic mass is 10.0. The van der Waals surface area contributed by atoms with Gasteiger partial charge in [-0.15, -0.1) is 0 Å².